The molecule has 0 aliphatic heterocycles. The van der Waals surface area contributed by atoms with Crippen molar-refractivity contribution in [1.82, 2.24) is 10.2 Å². The predicted octanol–water partition coefficient (Wildman–Crippen LogP) is 4.12. The third-order valence-electron chi connectivity index (χ3n) is 3.31. The highest BCUT2D eigenvalue weighted by atomic mass is 35.5. The lowest BCUT2D eigenvalue weighted by Crippen LogP contribution is -2.34. The Bertz CT molecular complexity index is 424. The first kappa shape index (κ1) is 16.7. The molecule has 0 amide bonds. The molecule has 1 N–H and O–H groups in total. The molecular formula is C14H21Cl2FN2. The van der Waals surface area contributed by atoms with Crippen molar-refractivity contribution in [1.29, 1.82) is 0 Å². The molecule has 0 aromatic heterocycles. The second-order valence-corrected chi connectivity index (χ2v) is 5.79. The third kappa shape index (κ3) is 4.60. The SMILES string of the molecule is CC(NCCN(C)C(C)C)c1c(Cl)ccc(F)c1Cl. The smallest absolute Gasteiger partial charge is 0.142 e. The van der Waals surface area contributed by atoms with Gasteiger partial charge in [-0.05, 0) is 40.0 Å². The van der Waals surface area contributed by atoms with E-state index in [9.17, 15) is 4.39 Å². The number of hydrogen-bond acceptors (Lipinski definition) is 2. The first-order chi connectivity index (χ1) is 8.84. The summed E-state index contributed by atoms with van der Waals surface area (Å²) in [6.45, 7) is 7.92. The highest BCUT2D eigenvalue weighted by Gasteiger charge is 2.16. The van der Waals surface area contributed by atoms with Crippen molar-refractivity contribution in [2.24, 2.45) is 0 Å². The molecule has 0 aliphatic rings. The number of nitrogens with one attached hydrogen (secondary N) is 1. The van der Waals surface area contributed by atoms with E-state index in [0.717, 1.165) is 13.1 Å². The molecule has 19 heavy (non-hydrogen) atoms. The van der Waals surface area contributed by atoms with E-state index in [2.05, 4.69) is 31.1 Å². The van der Waals surface area contributed by atoms with Crippen LogP contribution in [0.15, 0.2) is 12.1 Å². The molecule has 0 aliphatic carbocycles. The lowest BCUT2D eigenvalue weighted by atomic mass is 10.1. The van der Waals surface area contributed by atoms with Gasteiger partial charge >= 0.3 is 0 Å². The Morgan fingerprint density at radius 3 is 2.47 bits per heavy atom. The molecular weight excluding hydrogens is 286 g/mol. The molecule has 0 saturated carbocycles. The van der Waals surface area contributed by atoms with E-state index in [-0.39, 0.29) is 11.1 Å². The zero-order valence-electron chi connectivity index (χ0n) is 11.8. The van der Waals surface area contributed by atoms with Gasteiger partial charge in [0, 0.05) is 35.8 Å². The van der Waals surface area contributed by atoms with Crippen LogP contribution in [0.25, 0.3) is 0 Å². The Morgan fingerprint density at radius 1 is 1.26 bits per heavy atom. The first-order valence-electron chi connectivity index (χ1n) is 6.41. The third-order valence-corrected chi connectivity index (χ3v) is 4.02. The van der Waals surface area contributed by atoms with Crippen molar-refractivity contribution < 1.29 is 4.39 Å². The number of nitrogens with zero attached hydrogens (tertiary/aromatic N) is 1. The number of hydrogen-bond donors (Lipinski definition) is 1. The van der Waals surface area contributed by atoms with E-state index in [1.165, 1.54) is 12.1 Å². The molecule has 1 unspecified atom stereocenters. The van der Waals surface area contributed by atoms with Crippen LogP contribution in [0.2, 0.25) is 10.0 Å². The molecule has 2 nitrogen and oxygen atoms in total. The van der Waals surface area contributed by atoms with Gasteiger partial charge in [-0.3, -0.25) is 0 Å². The van der Waals surface area contributed by atoms with Crippen LogP contribution >= 0.6 is 23.2 Å². The lowest BCUT2D eigenvalue weighted by Gasteiger charge is -2.23. The zero-order valence-corrected chi connectivity index (χ0v) is 13.3. The Morgan fingerprint density at radius 2 is 1.89 bits per heavy atom. The lowest BCUT2D eigenvalue weighted by molar-refractivity contribution is 0.270. The van der Waals surface area contributed by atoms with Gasteiger partial charge in [0.2, 0.25) is 0 Å². The topological polar surface area (TPSA) is 15.3 Å². The van der Waals surface area contributed by atoms with Crippen molar-refractivity contribution in [3.63, 3.8) is 0 Å². The molecule has 0 bridgehead atoms. The van der Waals surface area contributed by atoms with Crippen LogP contribution in [0.5, 0.6) is 0 Å². The summed E-state index contributed by atoms with van der Waals surface area (Å²) < 4.78 is 13.4. The molecule has 0 radical (unpaired) electrons. The van der Waals surface area contributed by atoms with E-state index in [1.54, 1.807) is 0 Å². The van der Waals surface area contributed by atoms with Gasteiger partial charge < -0.3 is 10.2 Å². The van der Waals surface area contributed by atoms with Gasteiger partial charge in [-0.1, -0.05) is 23.2 Å². The van der Waals surface area contributed by atoms with E-state index in [1.807, 2.05) is 6.92 Å². The summed E-state index contributed by atoms with van der Waals surface area (Å²) in [5.74, 6) is -0.436. The summed E-state index contributed by atoms with van der Waals surface area (Å²) in [5, 5.41) is 3.91. The van der Waals surface area contributed by atoms with Gasteiger partial charge in [-0.25, -0.2) is 4.39 Å². The van der Waals surface area contributed by atoms with E-state index >= 15 is 0 Å². The summed E-state index contributed by atoms with van der Waals surface area (Å²) in [7, 11) is 2.07. The molecule has 5 heteroatoms. The minimum atomic E-state index is -0.436. The molecule has 1 aromatic carbocycles. The summed E-state index contributed by atoms with van der Waals surface area (Å²) in [4.78, 5) is 2.23. The van der Waals surface area contributed by atoms with Gasteiger partial charge in [0.15, 0.2) is 0 Å². The summed E-state index contributed by atoms with van der Waals surface area (Å²) >= 11 is 12.1. The highest BCUT2D eigenvalue weighted by Crippen LogP contribution is 2.32. The predicted molar refractivity (Wildman–Crippen MR) is 80.6 cm³/mol. The fourth-order valence-electron chi connectivity index (χ4n) is 1.76. The average Bonchev–Trinajstić information content (AvgIpc) is 2.34. The molecule has 1 atom stereocenters. The Hall–Kier alpha value is -0.350. The van der Waals surface area contributed by atoms with Crippen LogP contribution < -0.4 is 5.32 Å². The Kier molecular flexibility index (Phi) is 6.54. The number of benzene rings is 1. The minimum Gasteiger partial charge on any atom is -0.309 e. The zero-order chi connectivity index (χ0) is 14.6. The molecule has 0 saturated heterocycles. The van der Waals surface area contributed by atoms with Gasteiger partial charge in [0.1, 0.15) is 5.82 Å². The maximum absolute atomic E-state index is 13.4. The normalized spacial score (nSPS) is 13.3. The largest absolute Gasteiger partial charge is 0.309 e. The van der Waals surface area contributed by atoms with Crippen molar-refractivity contribution >= 4 is 23.2 Å². The van der Waals surface area contributed by atoms with Crippen LogP contribution in [0.3, 0.4) is 0 Å². The van der Waals surface area contributed by atoms with Crippen LogP contribution in [0.1, 0.15) is 32.4 Å². The van der Waals surface area contributed by atoms with E-state index in [4.69, 9.17) is 23.2 Å². The summed E-state index contributed by atoms with van der Waals surface area (Å²) in [6, 6.07) is 3.24. The average molecular weight is 307 g/mol. The second-order valence-electron chi connectivity index (χ2n) is 5.01. The van der Waals surface area contributed by atoms with Gasteiger partial charge in [-0.2, -0.15) is 0 Å². The van der Waals surface area contributed by atoms with Gasteiger partial charge in [0.05, 0.1) is 5.02 Å². The fraction of sp³-hybridized carbons (Fsp3) is 0.571. The number of likely N-dealkylation sites (N-methyl/N-ethyl adjacent to an activating group) is 1. The van der Waals surface area contributed by atoms with Crippen LogP contribution in [-0.4, -0.2) is 31.1 Å². The molecule has 1 aromatic rings. The molecule has 108 valence electrons. The maximum Gasteiger partial charge on any atom is 0.142 e. The second kappa shape index (κ2) is 7.44. The van der Waals surface area contributed by atoms with Crippen LogP contribution in [-0.2, 0) is 0 Å². The maximum atomic E-state index is 13.4. The Labute approximate surface area is 124 Å². The van der Waals surface area contributed by atoms with Crippen molar-refractivity contribution in [3.8, 4) is 0 Å². The molecule has 0 heterocycles. The van der Waals surface area contributed by atoms with Gasteiger partial charge in [0.25, 0.3) is 0 Å². The van der Waals surface area contributed by atoms with Crippen LogP contribution in [0, 0.1) is 5.82 Å². The number of halogens is 3. The quantitative estimate of drug-likeness (QED) is 0.795. The molecule has 1 rings (SSSR count). The van der Waals surface area contributed by atoms with Crippen molar-refractivity contribution in [2.45, 2.75) is 32.9 Å². The summed E-state index contributed by atoms with van der Waals surface area (Å²) in [6.07, 6.45) is 0. The molecule has 0 spiro atoms. The summed E-state index contributed by atoms with van der Waals surface area (Å²) in [5.41, 5.74) is 0.621. The highest BCUT2D eigenvalue weighted by molar-refractivity contribution is 6.36. The minimum absolute atomic E-state index is 0.0868. The Balaban J connectivity index is 2.64. The van der Waals surface area contributed by atoms with Gasteiger partial charge in [-0.15, -0.1) is 0 Å². The fourth-order valence-corrected chi connectivity index (χ4v) is 2.46. The van der Waals surface area contributed by atoms with E-state index in [0.29, 0.717) is 16.6 Å². The van der Waals surface area contributed by atoms with Crippen LogP contribution in [0.4, 0.5) is 4.39 Å². The first-order valence-corrected chi connectivity index (χ1v) is 7.17. The van der Waals surface area contributed by atoms with E-state index < -0.39 is 5.82 Å². The monoisotopic (exact) mass is 306 g/mol. The van der Waals surface area contributed by atoms with Crippen molar-refractivity contribution in [2.75, 3.05) is 20.1 Å². The molecule has 0 fully saturated rings. The standard InChI is InChI=1S/C14H21Cl2FN2/c1-9(2)19(4)8-7-18-10(3)13-11(15)5-6-12(17)14(13)16/h5-6,9-10,18H,7-8H2,1-4H3. The number of rotatable bonds is 6. The van der Waals surface area contributed by atoms with Crippen molar-refractivity contribution in [3.05, 3.63) is 33.6 Å².